The molecule has 8 nitrogen and oxygen atoms in total. The molecule has 5 rings (SSSR count). The number of aromatic nitrogens is 3. The molecule has 0 saturated heterocycles. The molecule has 0 bridgehead atoms. The summed E-state index contributed by atoms with van der Waals surface area (Å²) in [7, 11) is 6.48. The van der Waals surface area contributed by atoms with Crippen molar-refractivity contribution in [2.75, 3.05) is 28.4 Å². The van der Waals surface area contributed by atoms with Gasteiger partial charge < -0.3 is 18.9 Å². The SMILES string of the molecule is COCc1nn2cc3c(nc2c1-c1ccc(OC)c(OC)c1)CC(c1ccccc1OC)CC3=O. The number of hydrogen-bond acceptors (Lipinski definition) is 7. The molecule has 0 aliphatic heterocycles. The molecule has 35 heavy (non-hydrogen) atoms. The van der Waals surface area contributed by atoms with Crippen molar-refractivity contribution < 1.29 is 23.7 Å². The average molecular weight is 474 g/mol. The lowest BCUT2D eigenvalue weighted by atomic mass is 9.82. The van der Waals surface area contributed by atoms with Crippen molar-refractivity contribution >= 4 is 11.4 Å². The summed E-state index contributed by atoms with van der Waals surface area (Å²) in [6, 6.07) is 13.5. The maximum Gasteiger partial charge on any atom is 0.166 e. The van der Waals surface area contributed by atoms with E-state index in [2.05, 4.69) is 0 Å². The number of para-hydroxylation sites is 1. The molecule has 0 spiro atoms. The largest absolute Gasteiger partial charge is 0.496 e. The molecule has 4 aromatic rings. The van der Waals surface area contributed by atoms with Crippen molar-refractivity contribution in [2.24, 2.45) is 0 Å². The Bertz CT molecular complexity index is 1410. The molecule has 1 aliphatic rings. The minimum atomic E-state index is -0.00741. The standard InChI is InChI=1S/C27H27N3O5/c1-32-15-21-26(16-9-10-24(34-3)25(13-16)35-4)27-28-20-11-17(18-7-5-6-8-23(18)33-2)12-22(31)19(20)14-30(27)29-21/h5-10,13-14,17H,11-12,15H2,1-4H3. The number of nitrogens with zero attached hydrogens (tertiary/aromatic N) is 3. The Morgan fingerprint density at radius 2 is 1.71 bits per heavy atom. The maximum absolute atomic E-state index is 13.2. The Morgan fingerprint density at radius 1 is 0.943 bits per heavy atom. The van der Waals surface area contributed by atoms with Crippen molar-refractivity contribution in [3.8, 4) is 28.4 Å². The van der Waals surface area contributed by atoms with Crippen LogP contribution in [0.25, 0.3) is 16.8 Å². The summed E-state index contributed by atoms with van der Waals surface area (Å²) in [5.74, 6) is 2.07. The van der Waals surface area contributed by atoms with Crippen LogP contribution in [0, 0.1) is 0 Å². The molecule has 8 heteroatoms. The van der Waals surface area contributed by atoms with Crippen LogP contribution < -0.4 is 14.2 Å². The van der Waals surface area contributed by atoms with Crippen LogP contribution >= 0.6 is 0 Å². The van der Waals surface area contributed by atoms with Gasteiger partial charge in [-0.2, -0.15) is 5.10 Å². The van der Waals surface area contributed by atoms with E-state index < -0.39 is 0 Å². The first kappa shape index (κ1) is 22.9. The molecule has 0 amide bonds. The van der Waals surface area contributed by atoms with E-state index in [1.165, 1.54) is 0 Å². The number of hydrogen-bond donors (Lipinski definition) is 0. The van der Waals surface area contributed by atoms with Crippen LogP contribution in [0.3, 0.4) is 0 Å². The lowest BCUT2D eigenvalue weighted by Gasteiger charge is -2.24. The van der Waals surface area contributed by atoms with Crippen molar-refractivity contribution in [1.29, 1.82) is 0 Å². The first-order valence-electron chi connectivity index (χ1n) is 11.4. The van der Waals surface area contributed by atoms with Gasteiger partial charge in [-0.1, -0.05) is 24.3 Å². The number of ketones is 1. The zero-order chi connectivity index (χ0) is 24.5. The third kappa shape index (κ3) is 4.00. The number of carbonyl (C=O) groups is 1. The van der Waals surface area contributed by atoms with Crippen LogP contribution in [0.4, 0.5) is 0 Å². The minimum absolute atomic E-state index is 0.00741. The second-order valence-corrected chi connectivity index (χ2v) is 8.46. The fourth-order valence-corrected chi connectivity index (χ4v) is 4.83. The quantitative estimate of drug-likeness (QED) is 0.391. The van der Waals surface area contributed by atoms with E-state index in [4.69, 9.17) is 29.0 Å². The summed E-state index contributed by atoms with van der Waals surface area (Å²) in [6.45, 7) is 0.301. The molecule has 2 aromatic carbocycles. The molecule has 0 saturated carbocycles. The van der Waals surface area contributed by atoms with Crippen LogP contribution in [-0.2, 0) is 17.8 Å². The molecule has 0 fully saturated rings. The summed E-state index contributed by atoms with van der Waals surface area (Å²) < 4.78 is 23.6. The lowest BCUT2D eigenvalue weighted by Crippen LogP contribution is -2.21. The van der Waals surface area contributed by atoms with E-state index in [0.29, 0.717) is 42.2 Å². The predicted octanol–water partition coefficient (Wildman–Crippen LogP) is 4.48. The van der Waals surface area contributed by atoms with Gasteiger partial charge in [0.1, 0.15) is 5.75 Å². The third-order valence-electron chi connectivity index (χ3n) is 6.46. The molecular weight excluding hydrogens is 446 g/mol. The molecule has 2 heterocycles. The normalized spacial score (nSPS) is 15.2. The molecule has 0 radical (unpaired) electrons. The van der Waals surface area contributed by atoms with Crippen molar-refractivity contribution in [1.82, 2.24) is 14.6 Å². The maximum atomic E-state index is 13.2. The van der Waals surface area contributed by atoms with Gasteiger partial charge >= 0.3 is 0 Å². The zero-order valence-electron chi connectivity index (χ0n) is 20.2. The second-order valence-electron chi connectivity index (χ2n) is 8.46. The van der Waals surface area contributed by atoms with Gasteiger partial charge in [-0.3, -0.25) is 4.79 Å². The summed E-state index contributed by atoms with van der Waals surface area (Å²) >= 11 is 0. The predicted molar refractivity (Wildman–Crippen MR) is 131 cm³/mol. The second kappa shape index (κ2) is 9.38. The fourth-order valence-electron chi connectivity index (χ4n) is 4.83. The molecular formula is C27H27N3O5. The molecule has 0 N–H and O–H groups in total. The van der Waals surface area contributed by atoms with E-state index in [1.54, 1.807) is 39.2 Å². The minimum Gasteiger partial charge on any atom is -0.496 e. The Labute approximate surface area is 203 Å². The summed E-state index contributed by atoms with van der Waals surface area (Å²) in [6.07, 6.45) is 2.82. The lowest BCUT2D eigenvalue weighted by molar-refractivity contribution is 0.0962. The topological polar surface area (TPSA) is 84.2 Å². The first-order valence-corrected chi connectivity index (χ1v) is 11.4. The van der Waals surface area contributed by atoms with E-state index >= 15 is 0 Å². The molecule has 180 valence electrons. The van der Waals surface area contributed by atoms with Gasteiger partial charge in [0.05, 0.1) is 50.5 Å². The highest BCUT2D eigenvalue weighted by molar-refractivity contribution is 5.99. The van der Waals surface area contributed by atoms with Crippen LogP contribution in [0.5, 0.6) is 17.2 Å². The number of methoxy groups -OCH3 is 4. The molecule has 2 aromatic heterocycles. The number of fused-ring (bicyclic) bond motifs is 2. The van der Waals surface area contributed by atoms with Crippen LogP contribution in [0.2, 0.25) is 0 Å². The Balaban J connectivity index is 1.65. The third-order valence-corrected chi connectivity index (χ3v) is 6.46. The van der Waals surface area contributed by atoms with Gasteiger partial charge in [0, 0.05) is 25.6 Å². The smallest absolute Gasteiger partial charge is 0.166 e. The van der Waals surface area contributed by atoms with Gasteiger partial charge in [0.15, 0.2) is 22.9 Å². The van der Waals surface area contributed by atoms with E-state index in [-0.39, 0.29) is 11.7 Å². The first-order chi connectivity index (χ1) is 17.1. The Morgan fingerprint density at radius 3 is 2.46 bits per heavy atom. The fraction of sp³-hybridized carbons (Fsp3) is 0.296. The molecule has 1 atom stereocenters. The summed E-state index contributed by atoms with van der Waals surface area (Å²) in [5, 5.41) is 4.71. The van der Waals surface area contributed by atoms with Crippen LogP contribution in [0.1, 0.15) is 39.6 Å². The zero-order valence-corrected chi connectivity index (χ0v) is 20.2. The van der Waals surface area contributed by atoms with Gasteiger partial charge in [-0.05, 0) is 35.7 Å². The summed E-state index contributed by atoms with van der Waals surface area (Å²) in [5.41, 5.74) is 5.48. The summed E-state index contributed by atoms with van der Waals surface area (Å²) in [4.78, 5) is 18.2. The monoisotopic (exact) mass is 473 g/mol. The van der Waals surface area contributed by atoms with Gasteiger partial charge in [-0.25, -0.2) is 9.50 Å². The van der Waals surface area contributed by atoms with Gasteiger partial charge in [-0.15, -0.1) is 0 Å². The van der Waals surface area contributed by atoms with E-state index in [0.717, 1.165) is 33.8 Å². The van der Waals surface area contributed by atoms with Crippen molar-refractivity contribution in [3.63, 3.8) is 0 Å². The number of benzene rings is 2. The number of Topliss-reactive ketones (excluding diaryl/α,β-unsaturated/α-hetero) is 1. The van der Waals surface area contributed by atoms with Crippen molar-refractivity contribution in [2.45, 2.75) is 25.4 Å². The highest BCUT2D eigenvalue weighted by Crippen LogP contribution is 2.39. The van der Waals surface area contributed by atoms with Crippen LogP contribution in [-0.4, -0.2) is 48.8 Å². The number of carbonyl (C=O) groups excluding carboxylic acids is 1. The molecule has 1 unspecified atom stereocenters. The Kier molecular flexibility index (Phi) is 6.13. The Hall–Kier alpha value is -3.91. The highest BCUT2D eigenvalue weighted by Gasteiger charge is 2.31. The van der Waals surface area contributed by atoms with Crippen molar-refractivity contribution in [3.05, 3.63) is 71.2 Å². The number of rotatable bonds is 7. The van der Waals surface area contributed by atoms with Gasteiger partial charge in [0.2, 0.25) is 0 Å². The van der Waals surface area contributed by atoms with E-state index in [9.17, 15) is 4.79 Å². The van der Waals surface area contributed by atoms with Crippen LogP contribution in [0.15, 0.2) is 48.7 Å². The average Bonchev–Trinajstić information content (AvgIpc) is 3.24. The van der Waals surface area contributed by atoms with E-state index in [1.807, 2.05) is 42.5 Å². The molecule has 1 aliphatic carbocycles. The highest BCUT2D eigenvalue weighted by atomic mass is 16.5. The van der Waals surface area contributed by atoms with Gasteiger partial charge in [0.25, 0.3) is 0 Å². The number of ether oxygens (including phenoxy) is 4.